The maximum absolute atomic E-state index is 15.7. The minimum atomic E-state index is -0.726. The molecule has 7 heteroatoms. The number of amides is 2. The zero-order valence-corrected chi connectivity index (χ0v) is 17.4. The summed E-state index contributed by atoms with van der Waals surface area (Å²) in [5, 5.41) is 3.09. The van der Waals surface area contributed by atoms with Crippen LogP contribution in [0.5, 0.6) is 5.75 Å². The molecule has 5 rings (SSSR count). The predicted octanol–water partition coefficient (Wildman–Crippen LogP) is 2.69. The molecule has 1 spiro atoms. The number of carbonyl (C=O) groups excluding carboxylic acids is 2. The quantitative estimate of drug-likeness (QED) is 0.706. The number of rotatable bonds is 0. The first-order chi connectivity index (χ1) is 15.0. The smallest absolute Gasteiger partial charge is 0.246 e. The second kappa shape index (κ2) is 7.64. The number of para-hydroxylation sites is 1. The molecule has 3 aliphatic heterocycles. The summed E-state index contributed by atoms with van der Waals surface area (Å²) in [5.74, 6) is -0.0409. The molecular formula is C24H25FN2O4. The summed E-state index contributed by atoms with van der Waals surface area (Å²) < 4.78 is 27.2. The highest BCUT2D eigenvalue weighted by Crippen LogP contribution is 2.40. The van der Waals surface area contributed by atoms with Crippen molar-refractivity contribution in [3.8, 4) is 16.9 Å². The molecule has 3 atom stereocenters. The molecule has 0 radical (unpaired) electrons. The van der Waals surface area contributed by atoms with Gasteiger partial charge in [0.25, 0.3) is 0 Å². The molecule has 162 valence electrons. The number of ether oxygens (including phenoxy) is 2. The van der Waals surface area contributed by atoms with Crippen molar-refractivity contribution in [2.75, 3.05) is 19.8 Å². The summed E-state index contributed by atoms with van der Waals surface area (Å²) >= 11 is 0. The predicted molar refractivity (Wildman–Crippen MR) is 112 cm³/mol. The van der Waals surface area contributed by atoms with E-state index >= 15 is 4.39 Å². The fraction of sp³-hybridized carbons (Fsp3) is 0.417. The Morgan fingerprint density at radius 3 is 2.77 bits per heavy atom. The van der Waals surface area contributed by atoms with E-state index in [1.54, 1.807) is 23.1 Å². The second-order valence-electron chi connectivity index (χ2n) is 8.64. The van der Waals surface area contributed by atoms with E-state index in [0.717, 1.165) is 0 Å². The first kappa shape index (κ1) is 20.0. The molecule has 2 saturated heterocycles. The van der Waals surface area contributed by atoms with Gasteiger partial charge >= 0.3 is 0 Å². The summed E-state index contributed by atoms with van der Waals surface area (Å²) in [6.07, 6.45) is 1.07. The molecule has 3 heterocycles. The third-order valence-corrected chi connectivity index (χ3v) is 6.62. The number of hydrogen-bond donors (Lipinski definition) is 1. The largest absolute Gasteiger partial charge is 0.492 e. The lowest BCUT2D eigenvalue weighted by atomic mass is 9.84. The van der Waals surface area contributed by atoms with E-state index in [0.29, 0.717) is 41.9 Å². The Morgan fingerprint density at radius 1 is 1.13 bits per heavy atom. The van der Waals surface area contributed by atoms with Crippen molar-refractivity contribution in [2.24, 2.45) is 0 Å². The molecule has 31 heavy (non-hydrogen) atoms. The van der Waals surface area contributed by atoms with Crippen molar-refractivity contribution in [1.29, 1.82) is 0 Å². The van der Waals surface area contributed by atoms with Crippen molar-refractivity contribution in [3.05, 3.63) is 53.8 Å². The molecule has 3 unspecified atom stereocenters. The highest BCUT2D eigenvalue weighted by Gasteiger charge is 2.54. The van der Waals surface area contributed by atoms with Gasteiger partial charge in [-0.25, -0.2) is 4.39 Å². The normalized spacial score (nSPS) is 28.1. The summed E-state index contributed by atoms with van der Waals surface area (Å²) in [5.41, 5.74) is 0.908. The van der Waals surface area contributed by atoms with Gasteiger partial charge in [-0.2, -0.15) is 0 Å². The van der Waals surface area contributed by atoms with Crippen molar-refractivity contribution in [3.63, 3.8) is 0 Å². The van der Waals surface area contributed by atoms with Crippen LogP contribution in [0.25, 0.3) is 11.1 Å². The van der Waals surface area contributed by atoms with Crippen LogP contribution in [-0.4, -0.2) is 54.2 Å². The van der Waals surface area contributed by atoms with Gasteiger partial charge in [-0.05, 0) is 31.4 Å². The van der Waals surface area contributed by atoms with E-state index in [2.05, 4.69) is 5.32 Å². The van der Waals surface area contributed by atoms with Crippen molar-refractivity contribution >= 4 is 11.8 Å². The van der Waals surface area contributed by atoms with E-state index < -0.39 is 11.6 Å². The molecule has 2 aromatic carbocycles. The molecule has 0 saturated carbocycles. The first-order valence-electron chi connectivity index (χ1n) is 10.7. The van der Waals surface area contributed by atoms with Gasteiger partial charge in [-0.3, -0.25) is 9.59 Å². The molecule has 2 aromatic rings. The molecule has 1 N–H and O–H groups in total. The number of carbonyl (C=O) groups is 2. The summed E-state index contributed by atoms with van der Waals surface area (Å²) in [4.78, 5) is 27.3. The Balaban J connectivity index is 1.63. The van der Waals surface area contributed by atoms with Crippen LogP contribution in [0.4, 0.5) is 4.39 Å². The van der Waals surface area contributed by atoms with Crippen LogP contribution in [0, 0.1) is 5.82 Å². The minimum Gasteiger partial charge on any atom is -0.492 e. The summed E-state index contributed by atoms with van der Waals surface area (Å²) in [6.45, 7) is 2.47. The maximum Gasteiger partial charge on any atom is 0.246 e. The molecule has 2 fully saturated rings. The first-order valence-corrected chi connectivity index (χ1v) is 10.7. The van der Waals surface area contributed by atoms with Gasteiger partial charge < -0.3 is 19.7 Å². The molecule has 0 aromatic heterocycles. The lowest BCUT2D eigenvalue weighted by molar-refractivity contribution is -0.141. The Morgan fingerprint density at radius 2 is 1.94 bits per heavy atom. The van der Waals surface area contributed by atoms with Gasteiger partial charge in [0.1, 0.15) is 18.2 Å². The third kappa shape index (κ3) is 3.37. The van der Waals surface area contributed by atoms with Crippen molar-refractivity contribution in [1.82, 2.24) is 10.2 Å². The Kier molecular flexibility index (Phi) is 4.93. The lowest BCUT2D eigenvalue weighted by Gasteiger charge is -2.41. The Labute approximate surface area is 180 Å². The van der Waals surface area contributed by atoms with E-state index in [-0.39, 0.29) is 43.3 Å². The third-order valence-electron chi connectivity index (χ3n) is 6.62. The molecular weight excluding hydrogens is 399 g/mol. The van der Waals surface area contributed by atoms with Crippen LogP contribution in [0.2, 0.25) is 0 Å². The number of hydrogen-bond acceptors (Lipinski definition) is 4. The SMILES string of the molecule is CC1CC2(COCC(=O)N2)C2Cc3cccc(c3F)-c3ccccc3OCCC(=O)N12. The topological polar surface area (TPSA) is 67.9 Å². The summed E-state index contributed by atoms with van der Waals surface area (Å²) in [6, 6.07) is 12.1. The number of nitrogens with zero attached hydrogens (tertiary/aromatic N) is 1. The van der Waals surface area contributed by atoms with E-state index in [1.807, 2.05) is 31.2 Å². The Bertz CT molecular complexity index is 1040. The lowest BCUT2D eigenvalue weighted by Crippen LogP contribution is -2.64. The summed E-state index contributed by atoms with van der Waals surface area (Å²) in [7, 11) is 0. The van der Waals surface area contributed by atoms with Crippen molar-refractivity contribution in [2.45, 2.75) is 43.8 Å². The van der Waals surface area contributed by atoms with Crippen molar-refractivity contribution < 1.29 is 23.5 Å². The molecule has 2 bridgehead atoms. The van der Waals surface area contributed by atoms with Gasteiger partial charge in [0.05, 0.1) is 31.2 Å². The van der Waals surface area contributed by atoms with Crippen LogP contribution in [-0.2, 0) is 20.7 Å². The number of halogens is 1. The maximum atomic E-state index is 15.7. The van der Waals surface area contributed by atoms with Crippen LogP contribution in [0.1, 0.15) is 25.3 Å². The van der Waals surface area contributed by atoms with E-state index in [9.17, 15) is 9.59 Å². The standard InChI is InChI=1S/C24H25FN2O4/c1-15-12-24(14-30-13-21(28)26-24)20-11-16-5-4-7-18(23(16)25)17-6-2-3-8-19(17)31-10-9-22(29)27(15)20/h2-8,15,20H,9-14H2,1H3,(H,26,28). The number of nitrogens with one attached hydrogen (secondary N) is 1. The molecule has 3 aliphatic rings. The van der Waals surface area contributed by atoms with Gasteiger partial charge in [-0.15, -0.1) is 0 Å². The highest BCUT2D eigenvalue weighted by atomic mass is 19.1. The number of morpholine rings is 1. The fourth-order valence-corrected chi connectivity index (χ4v) is 5.36. The van der Waals surface area contributed by atoms with E-state index in [1.165, 1.54) is 0 Å². The fourth-order valence-electron chi connectivity index (χ4n) is 5.36. The monoisotopic (exact) mass is 424 g/mol. The number of benzene rings is 2. The average molecular weight is 424 g/mol. The van der Waals surface area contributed by atoms with E-state index in [4.69, 9.17) is 9.47 Å². The molecule has 0 aliphatic carbocycles. The van der Waals surface area contributed by atoms with Crippen LogP contribution < -0.4 is 10.1 Å². The van der Waals surface area contributed by atoms with Crippen LogP contribution in [0.15, 0.2) is 42.5 Å². The van der Waals surface area contributed by atoms with Crippen LogP contribution in [0.3, 0.4) is 0 Å². The van der Waals surface area contributed by atoms with Gasteiger partial charge in [0, 0.05) is 17.2 Å². The molecule has 6 nitrogen and oxygen atoms in total. The van der Waals surface area contributed by atoms with Gasteiger partial charge in [-0.1, -0.05) is 36.4 Å². The zero-order valence-electron chi connectivity index (χ0n) is 17.4. The number of fused-ring (bicyclic) bond motifs is 6. The minimum absolute atomic E-state index is 0.00523. The average Bonchev–Trinajstić information content (AvgIpc) is 2.99. The molecule has 2 amide bonds. The van der Waals surface area contributed by atoms with Gasteiger partial charge in [0.2, 0.25) is 11.8 Å². The highest BCUT2D eigenvalue weighted by molar-refractivity contribution is 5.81. The second-order valence-corrected chi connectivity index (χ2v) is 8.64. The van der Waals surface area contributed by atoms with Gasteiger partial charge in [0.15, 0.2) is 0 Å². The zero-order chi connectivity index (χ0) is 21.6. The van der Waals surface area contributed by atoms with Crippen LogP contribution >= 0.6 is 0 Å². The Hall–Kier alpha value is -2.93.